The molecule has 2 aliphatic rings. The number of carbonyl (C=O) groups is 1. The SMILES string of the molecule is N#CC1=C(N)N(c2ncn[nH]2)C2=C(C(=O)CCC2)[C@H]1c1ccc(Cl)cc1Cl. The highest BCUT2D eigenvalue weighted by atomic mass is 35.5. The molecule has 9 heteroatoms. The van der Waals surface area contributed by atoms with Crippen molar-refractivity contribution in [1.29, 1.82) is 5.26 Å². The summed E-state index contributed by atoms with van der Waals surface area (Å²) >= 11 is 12.4. The number of carbonyl (C=O) groups excluding carboxylic acids is 1. The van der Waals surface area contributed by atoms with E-state index in [1.54, 1.807) is 23.1 Å². The summed E-state index contributed by atoms with van der Waals surface area (Å²) in [6.45, 7) is 0. The molecule has 1 aliphatic carbocycles. The van der Waals surface area contributed by atoms with E-state index in [1.165, 1.54) is 6.33 Å². The second-order valence-corrected chi connectivity index (χ2v) is 7.13. The number of nitrogens with two attached hydrogens (primary N) is 1. The smallest absolute Gasteiger partial charge is 0.231 e. The average Bonchev–Trinajstić information content (AvgIpc) is 3.15. The first kappa shape index (κ1) is 17.6. The van der Waals surface area contributed by atoms with Gasteiger partial charge in [0.2, 0.25) is 5.95 Å². The number of anilines is 1. The van der Waals surface area contributed by atoms with Gasteiger partial charge in [-0.1, -0.05) is 29.3 Å². The van der Waals surface area contributed by atoms with Crippen molar-refractivity contribution in [2.24, 2.45) is 5.73 Å². The van der Waals surface area contributed by atoms with Gasteiger partial charge in [0.05, 0.1) is 17.6 Å². The van der Waals surface area contributed by atoms with E-state index in [4.69, 9.17) is 28.9 Å². The number of ketones is 1. The van der Waals surface area contributed by atoms with Crippen molar-refractivity contribution in [3.63, 3.8) is 0 Å². The van der Waals surface area contributed by atoms with E-state index in [0.29, 0.717) is 46.4 Å². The third kappa shape index (κ3) is 2.78. The standard InChI is InChI=1S/C18H14Cl2N6O/c19-9-4-5-10(12(20)6-9)15-11(7-21)17(22)26(18-23-8-24-25-18)13-2-1-3-14(27)16(13)15/h4-6,8,15H,1-3,22H2,(H,23,24,25)/t15-/m0/s1. The number of H-pyrrole nitrogens is 1. The second-order valence-electron chi connectivity index (χ2n) is 6.29. The Labute approximate surface area is 165 Å². The number of aromatic nitrogens is 3. The van der Waals surface area contributed by atoms with E-state index in [-0.39, 0.29) is 17.2 Å². The van der Waals surface area contributed by atoms with Gasteiger partial charge in [-0.2, -0.15) is 15.3 Å². The van der Waals surface area contributed by atoms with E-state index in [9.17, 15) is 10.1 Å². The Kier molecular flexibility index (Phi) is 4.38. The molecule has 27 heavy (non-hydrogen) atoms. The van der Waals surface area contributed by atoms with Crippen LogP contribution in [0.25, 0.3) is 0 Å². The van der Waals surface area contributed by atoms with Crippen LogP contribution in [-0.4, -0.2) is 21.0 Å². The molecule has 3 N–H and O–H groups in total. The largest absolute Gasteiger partial charge is 0.384 e. The molecule has 1 aromatic heterocycles. The zero-order valence-electron chi connectivity index (χ0n) is 14.0. The summed E-state index contributed by atoms with van der Waals surface area (Å²) < 4.78 is 0. The van der Waals surface area contributed by atoms with Gasteiger partial charge in [-0.3, -0.25) is 9.69 Å². The van der Waals surface area contributed by atoms with Gasteiger partial charge in [-0.25, -0.2) is 5.10 Å². The number of nitrogens with zero attached hydrogens (tertiary/aromatic N) is 4. The molecule has 0 spiro atoms. The van der Waals surface area contributed by atoms with Gasteiger partial charge in [0.15, 0.2) is 5.78 Å². The summed E-state index contributed by atoms with van der Waals surface area (Å²) in [5.74, 6) is -0.0967. The van der Waals surface area contributed by atoms with Crippen LogP contribution in [0.1, 0.15) is 30.7 Å². The van der Waals surface area contributed by atoms with Crippen LogP contribution < -0.4 is 10.6 Å². The quantitative estimate of drug-likeness (QED) is 0.798. The highest BCUT2D eigenvalue weighted by Gasteiger charge is 2.41. The predicted molar refractivity (Wildman–Crippen MR) is 101 cm³/mol. The lowest BCUT2D eigenvalue weighted by molar-refractivity contribution is -0.116. The van der Waals surface area contributed by atoms with Gasteiger partial charge < -0.3 is 5.73 Å². The van der Waals surface area contributed by atoms with Crippen LogP contribution in [0, 0.1) is 11.3 Å². The lowest BCUT2D eigenvalue weighted by Crippen LogP contribution is -2.39. The number of halogens is 2. The Balaban J connectivity index is 1.99. The molecular weight excluding hydrogens is 387 g/mol. The minimum absolute atomic E-state index is 0.0305. The maximum atomic E-state index is 12.9. The summed E-state index contributed by atoms with van der Waals surface area (Å²) in [6, 6.07) is 7.18. The molecule has 7 nitrogen and oxygen atoms in total. The van der Waals surface area contributed by atoms with Crippen LogP contribution in [0.15, 0.2) is 47.2 Å². The van der Waals surface area contributed by atoms with Crippen molar-refractivity contribution in [2.45, 2.75) is 25.2 Å². The molecule has 0 amide bonds. The summed E-state index contributed by atoms with van der Waals surface area (Å²) in [5, 5.41) is 17.3. The molecule has 2 aromatic rings. The van der Waals surface area contributed by atoms with Gasteiger partial charge in [0.25, 0.3) is 0 Å². The topological polar surface area (TPSA) is 112 Å². The van der Waals surface area contributed by atoms with E-state index in [2.05, 4.69) is 21.3 Å². The Morgan fingerprint density at radius 3 is 2.81 bits per heavy atom. The van der Waals surface area contributed by atoms with E-state index >= 15 is 0 Å². The highest BCUT2D eigenvalue weighted by molar-refractivity contribution is 6.35. The van der Waals surface area contributed by atoms with Crippen molar-refractivity contribution in [3.8, 4) is 6.07 Å². The fourth-order valence-corrected chi connectivity index (χ4v) is 4.20. The summed E-state index contributed by atoms with van der Waals surface area (Å²) in [4.78, 5) is 18.7. The van der Waals surface area contributed by atoms with Gasteiger partial charge in [0, 0.05) is 27.7 Å². The molecule has 0 unspecified atom stereocenters. The highest BCUT2D eigenvalue weighted by Crippen LogP contribution is 2.47. The molecule has 136 valence electrons. The van der Waals surface area contributed by atoms with Gasteiger partial charge >= 0.3 is 0 Å². The number of allylic oxidation sites excluding steroid dienone is 3. The number of nitriles is 1. The monoisotopic (exact) mass is 400 g/mol. The van der Waals surface area contributed by atoms with E-state index in [1.807, 2.05) is 0 Å². The fraction of sp³-hybridized carbons (Fsp3) is 0.222. The first-order valence-electron chi connectivity index (χ1n) is 8.29. The zero-order chi connectivity index (χ0) is 19.1. The molecule has 0 saturated carbocycles. The van der Waals surface area contributed by atoms with Crippen LogP contribution in [0.2, 0.25) is 10.0 Å². The molecule has 0 fully saturated rings. The number of aromatic amines is 1. The summed E-state index contributed by atoms with van der Waals surface area (Å²) in [5.41, 5.74) is 8.47. The number of hydrogen-bond acceptors (Lipinski definition) is 6. The van der Waals surface area contributed by atoms with E-state index in [0.717, 1.165) is 5.70 Å². The fourth-order valence-electron chi connectivity index (χ4n) is 3.68. The van der Waals surface area contributed by atoms with Crippen LogP contribution in [0.3, 0.4) is 0 Å². The Hall–Kier alpha value is -2.82. The van der Waals surface area contributed by atoms with Gasteiger partial charge in [-0.15, -0.1) is 0 Å². The molecule has 0 saturated heterocycles. The van der Waals surface area contributed by atoms with Gasteiger partial charge in [0.1, 0.15) is 12.1 Å². The Morgan fingerprint density at radius 1 is 1.33 bits per heavy atom. The van der Waals surface area contributed by atoms with Crippen molar-refractivity contribution in [1.82, 2.24) is 15.2 Å². The van der Waals surface area contributed by atoms with Crippen LogP contribution >= 0.6 is 23.2 Å². The van der Waals surface area contributed by atoms with Crippen LogP contribution in [0.5, 0.6) is 0 Å². The molecule has 1 aromatic carbocycles. The van der Waals surface area contributed by atoms with Crippen molar-refractivity contribution < 1.29 is 4.79 Å². The lowest BCUT2D eigenvalue weighted by Gasteiger charge is -2.38. The van der Waals surface area contributed by atoms with Crippen LogP contribution in [0.4, 0.5) is 5.95 Å². The van der Waals surface area contributed by atoms with E-state index < -0.39 is 5.92 Å². The van der Waals surface area contributed by atoms with Crippen molar-refractivity contribution in [2.75, 3.05) is 4.90 Å². The maximum Gasteiger partial charge on any atom is 0.231 e. The molecule has 4 rings (SSSR count). The van der Waals surface area contributed by atoms with Crippen molar-refractivity contribution in [3.05, 3.63) is 62.8 Å². The molecular formula is C18H14Cl2N6O. The first-order valence-corrected chi connectivity index (χ1v) is 9.05. The Morgan fingerprint density at radius 2 is 2.15 bits per heavy atom. The molecule has 0 radical (unpaired) electrons. The number of rotatable bonds is 2. The molecule has 1 atom stereocenters. The van der Waals surface area contributed by atoms with Crippen molar-refractivity contribution >= 4 is 34.9 Å². The predicted octanol–water partition coefficient (Wildman–Crippen LogP) is 3.42. The maximum absolute atomic E-state index is 12.9. The lowest BCUT2D eigenvalue weighted by atomic mass is 9.75. The third-order valence-electron chi connectivity index (χ3n) is 4.80. The number of benzene rings is 1. The van der Waals surface area contributed by atoms with Crippen LogP contribution in [-0.2, 0) is 4.79 Å². The summed E-state index contributed by atoms with van der Waals surface area (Å²) in [7, 11) is 0. The number of Topliss-reactive ketones (excluding diaryl/α,β-unsaturated/α-hetero) is 1. The summed E-state index contributed by atoms with van der Waals surface area (Å²) in [6.07, 6.45) is 3.08. The number of hydrogen-bond donors (Lipinski definition) is 2. The minimum Gasteiger partial charge on any atom is -0.384 e. The van der Waals surface area contributed by atoms with Gasteiger partial charge in [-0.05, 0) is 30.5 Å². The molecule has 0 bridgehead atoms. The second kappa shape index (κ2) is 6.72. The third-order valence-corrected chi connectivity index (χ3v) is 5.36. The minimum atomic E-state index is -0.637. The first-order chi connectivity index (χ1) is 13.0. The molecule has 1 aliphatic heterocycles. The zero-order valence-corrected chi connectivity index (χ0v) is 15.6. The Bertz CT molecular complexity index is 1030. The number of nitrogens with one attached hydrogen (secondary N) is 1. The normalized spacial score (nSPS) is 20.0. The average molecular weight is 401 g/mol. The molecule has 2 heterocycles.